The normalized spacial score (nSPS) is 11.3. The smallest absolute Gasteiger partial charge is 0.00277 e. The first-order valence-electron chi connectivity index (χ1n) is 4.88. The second-order valence-electron chi connectivity index (χ2n) is 3.21. The number of hydrogen-bond donors (Lipinski definition) is 1. The topological polar surface area (TPSA) is 12.0 Å². The van der Waals surface area contributed by atoms with Crippen molar-refractivity contribution in [2.45, 2.75) is 13.3 Å². The van der Waals surface area contributed by atoms with Crippen molar-refractivity contribution in [2.75, 3.05) is 7.05 Å². The summed E-state index contributed by atoms with van der Waals surface area (Å²) in [6, 6.07) is 8.47. The Morgan fingerprint density at radius 3 is 2.71 bits per heavy atom. The summed E-state index contributed by atoms with van der Waals surface area (Å²) in [6.07, 6.45) is 9.13. The van der Waals surface area contributed by atoms with Crippen molar-refractivity contribution in [2.24, 2.45) is 0 Å². The molecule has 0 saturated heterocycles. The van der Waals surface area contributed by atoms with Gasteiger partial charge in [0.1, 0.15) is 0 Å². The molecule has 0 amide bonds. The van der Waals surface area contributed by atoms with Gasteiger partial charge in [-0.1, -0.05) is 36.4 Å². The first-order valence-corrected chi connectivity index (χ1v) is 4.88. The summed E-state index contributed by atoms with van der Waals surface area (Å²) in [4.78, 5) is 0. The van der Waals surface area contributed by atoms with Gasteiger partial charge in [-0.15, -0.1) is 0 Å². The minimum Gasteiger partial charge on any atom is -0.394 e. The molecule has 0 atom stereocenters. The highest BCUT2D eigenvalue weighted by molar-refractivity contribution is 5.27. The third-order valence-electron chi connectivity index (χ3n) is 2.11. The van der Waals surface area contributed by atoms with E-state index < -0.39 is 0 Å². The van der Waals surface area contributed by atoms with Crippen LogP contribution in [0.5, 0.6) is 0 Å². The van der Waals surface area contributed by atoms with Crippen LogP contribution in [-0.4, -0.2) is 7.05 Å². The van der Waals surface area contributed by atoms with Crippen LogP contribution < -0.4 is 5.32 Å². The zero-order valence-electron chi connectivity index (χ0n) is 8.83. The Labute approximate surface area is 86.2 Å². The van der Waals surface area contributed by atoms with E-state index in [4.69, 9.17) is 0 Å². The Morgan fingerprint density at radius 2 is 2.00 bits per heavy atom. The van der Waals surface area contributed by atoms with E-state index in [0.717, 1.165) is 6.42 Å². The maximum absolute atomic E-state index is 2.95. The van der Waals surface area contributed by atoms with Gasteiger partial charge < -0.3 is 5.32 Å². The van der Waals surface area contributed by atoms with Crippen LogP contribution >= 0.6 is 0 Å². The van der Waals surface area contributed by atoms with Crippen LogP contribution in [0.15, 0.2) is 48.7 Å². The zero-order chi connectivity index (χ0) is 10.2. The molecule has 14 heavy (non-hydrogen) atoms. The quantitative estimate of drug-likeness (QED) is 0.715. The van der Waals surface area contributed by atoms with Crippen molar-refractivity contribution in [1.29, 1.82) is 0 Å². The first kappa shape index (κ1) is 10.6. The van der Waals surface area contributed by atoms with Crippen molar-refractivity contribution in [3.8, 4) is 0 Å². The summed E-state index contributed by atoms with van der Waals surface area (Å²) >= 11 is 0. The number of nitrogens with one attached hydrogen (secondary N) is 1. The molecule has 1 N–H and O–H groups in total. The molecule has 0 radical (unpaired) electrons. The van der Waals surface area contributed by atoms with Gasteiger partial charge in [-0.05, 0) is 36.7 Å². The fraction of sp³-hybridized carbons (Fsp3) is 0.231. The van der Waals surface area contributed by atoms with E-state index in [2.05, 4.69) is 48.7 Å². The molecule has 0 aromatic heterocycles. The van der Waals surface area contributed by atoms with Gasteiger partial charge in [-0.3, -0.25) is 0 Å². The summed E-state index contributed by atoms with van der Waals surface area (Å²) in [7, 11) is 1.89. The third-order valence-corrected chi connectivity index (χ3v) is 2.11. The lowest BCUT2D eigenvalue weighted by atomic mass is 10.1. The van der Waals surface area contributed by atoms with Gasteiger partial charge in [0, 0.05) is 7.05 Å². The molecule has 1 rings (SSSR count). The molecular formula is C13H17N. The molecule has 0 aliphatic rings. The Kier molecular flexibility index (Phi) is 4.56. The van der Waals surface area contributed by atoms with Gasteiger partial charge in [-0.2, -0.15) is 0 Å². The van der Waals surface area contributed by atoms with Crippen LogP contribution in [0.2, 0.25) is 0 Å². The molecule has 0 unspecified atom stereocenters. The van der Waals surface area contributed by atoms with E-state index in [1.807, 2.05) is 19.3 Å². The van der Waals surface area contributed by atoms with Crippen molar-refractivity contribution < 1.29 is 0 Å². The number of allylic oxidation sites excluding steroid dienone is 3. The lowest BCUT2D eigenvalue weighted by Gasteiger charge is -2.00. The van der Waals surface area contributed by atoms with E-state index in [9.17, 15) is 0 Å². The van der Waals surface area contributed by atoms with Gasteiger partial charge in [0.05, 0.1) is 0 Å². The summed E-state index contributed by atoms with van der Waals surface area (Å²) in [5, 5.41) is 2.95. The van der Waals surface area contributed by atoms with Gasteiger partial charge in [0.15, 0.2) is 0 Å². The maximum atomic E-state index is 2.95. The Morgan fingerprint density at radius 1 is 1.21 bits per heavy atom. The van der Waals surface area contributed by atoms with Crippen LogP contribution in [-0.2, 0) is 6.42 Å². The van der Waals surface area contributed by atoms with Gasteiger partial charge >= 0.3 is 0 Å². The summed E-state index contributed by atoms with van der Waals surface area (Å²) < 4.78 is 0. The molecule has 0 aliphatic heterocycles. The van der Waals surface area contributed by atoms with Crippen molar-refractivity contribution in [1.82, 2.24) is 5.32 Å². The number of benzene rings is 1. The number of aryl methyl sites for hydroxylation is 1. The monoisotopic (exact) mass is 187 g/mol. The van der Waals surface area contributed by atoms with E-state index in [1.54, 1.807) is 0 Å². The van der Waals surface area contributed by atoms with E-state index in [1.165, 1.54) is 11.1 Å². The lowest BCUT2D eigenvalue weighted by molar-refractivity contribution is 1.10. The molecule has 1 heteroatoms. The van der Waals surface area contributed by atoms with Crippen LogP contribution in [0.1, 0.15) is 11.1 Å². The fourth-order valence-electron chi connectivity index (χ4n) is 1.26. The van der Waals surface area contributed by atoms with Crippen LogP contribution in [0.25, 0.3) is 0 Å². The molecule has 0 bridgehead atoms. The molecule has 0 spiro atoms. The van der Waals surface area contributed by atoms with E-state index in [-0.39, 0.29) is 0 Å². The van der Waals surface area contributed by atoms with Crippen molar-refractivity contribution in [3.05, 3.63) is 59.8 Å². The Balaban J connectivity index is 2.49. The zero-order valence-corrected chi connectivity index (χ0v) is 8.83. The summed E-state index contributed by atoms with van der Waals surface area (Å²) in [5.41, 5.74) is 2.75. The van der Waals surface area contributed by atoms with Crippen LogP contribution in [0.3, 0.4) is 0 Å². The maximum Gasteiger partial charge on any atom is 0.00277 e. The van der Waals surface area contributed by atoms with E-state index >= 15 is 0 Å². The second-order valence-corrected chi connectivity index (χ2v) is 3.21. The minimum absolute atomic E-state index is 1.00. The highest BCUT2D eigenvalue weighted by Gasteiger charge is 1.91. The standard InChI is InChI=1S/C13H17N/c1-12-8-5-6-10-13(12)9-4-3-7-11-14-2/h3-8,10-11,14H,9H2,1-2H3/b4-3-,11-7-. The molecule has 0 saturated carbocycles. The third kappa shape index (κ3) is 3.48. The molecule has 0 heterocycles. The lowest BCUT2D eigenvalue weighted by Crippen LogP contribution is -1.89. The van der Waals surface area contributed by atoms with Gasteiger partial charge in [0.2, 0.25) is 0 Å². The molecular weight excluding hydrogens is 170 g/mol. The average molecular weight is 187 g/mol. The summed E-state index contributed by atoms with van der Waals surface area (Å²) in [5.74, 6) is 0. The Bertz CT molecular complexity index is 324. The first-order chi connectivity index (χ1) is 6.84. The summed E-state index contributed by atoms with van der Waals surface area (Å²) in [6.45, 7) is 2.15. The molecule has 1 aromatic rings. The van der Waals surface area contributed by atoms with Crippen LogP contribution in [0.4, 0.5) is 0 Å². The predicted octanol–water partition coefficient (Wildman–Crippen LogP) is 2.83. The average Bonchev–Trinajstić information content (AvgIpc) is 2.20. The van der Waals surface area contributed by atoms with Gasteiger partial charge in [0.25, 0.3) is 0 Å². The highest BCUT2D eigenvalue weighted by atomic mass is 14.8. The van der Waals surface area contributed by atoms with Crippen LogP contribution in [0, 0.1) is 6.92 Å². The molecule has 0 fully saturated rings. The molecule has 1 nitrogen and oxygen atoms in total. The number of rotatable bonds is 4. The number of hydrogen-bond acceptors (Lipinski definition) is 1. The van der Waals surface area contributed by atoms with Gasteiger partial charge in [-0.25, -0.2) is 0 Å². The highest BCUT2D eigenvalue weighted by Crippen LogP contribution is 2.07. The second kappa shape index (κ2) is 6.03. The molecule has 74 valence electrons. The molecule has 0 aliphatic carbocycles. The minimum atomic E-state index is 1.00. The molecule has 1 aromatic carbocycles. The fourth-order valence-corrected chi connectivity index (χ4v) is 1.26. The SMILES string of the molecule is CN/C=C\C=C/Cc1ccccc1C. The predicted molar refractivity (Wildman–Crippen MR) is 62.2 cm³/mol. The van der Waals surface area contributed by atoms with Crippen molar-refractivity contribution in [3.63, 3.8) is 0 Å². The largest absolute Gasteiger partial charge is 0.394 e. The van der Waals surface area contributed by atoms with Crippen molar-refractivity contribution >= 4 is 0 Å². The Hall–Kier alpha value is -1.50. The van der Waals surface area contributed by atoms with E-state index in [0.29, 0.717) is 0 Å².